The van der Waals surface area contributed by atoms with Gasteiger partial charge in [0, 0.05) is 5.56 Å². The number of amides is 1. The molecule has 3 nitrogen and oxygen atoms in total. The zero-order valence-electron chi connectivity index (χ0n) is 10.4. The smallest absolute Gasteiger partial charge is 0.287 e. The highest BCUT2D eigenvalue weighted by atomic mass is 16.7. The van der Waals surface area contributed by atoms with Gasteiger partial charge in [0.15, 0.2) is 5.75 Å². The summed E-state index contributed by atoms with van der Waals surface area (Å²) in [5.41, 5.74) is 2.73. The van der Waals surface area contributed by atoms with Crippen molar-refractivity contribution in [2.45, 2.75) is 6.54 Å². The van der Waals surface area contributed by atoms with Crippen molar-refractivity contribution in [3.8, 4) is 5.75 Å². The molecule has 2 aromatic rings. The minimum Gasteiger partial charge on any atom is -0.376 e. The number of benzene rings is 2. The summed E-state index contributed by atoms with van der Waals surface area (Å²) in [5, 5.41) is 1.38. The molecule has 1 heterocycles. The Hall–Kier alpha value is -2.55. The van der Waals surface area contributed by atoms with Crippen molar-refractivity contribution >= 4 is 12.0 Å². The third-order valence-electron chi connectivity index (χ3n) is 3.12. The van der Waals surface area contributed by atoms with E-state index < -0.39 is 0 Å². The second-order valence-electron chi connectivity index (χ2n) is 4.36. The van der Waals surface area contributed by atoms with Gasteiger partial charge in [-0.15, -0.1) is 0 Å². The van der Waals surface area contributed by atoms with Crippen LogP contribution in [0.5, 0.6) is 5.75 Å². The van der Waals surface area contributed by atoms with Crippen LogP contribution in [0, 0.1) is 0 Å². The van der Waals surface area contributed by atoms with Crippen LogP contribution >= 0.6 is 0 Å². The maximum absolute atomic E-state index is 12.1. The topological polar surface area (TPSA) is 29.5 Å². The lowest BCUT2D eigenvalue weighted by Crippen LogP contribution is -2.27. The van der Waals surface area contributed by atoms with E-state index in [0.29, 0.717) is 17.9 Å². The molecule has 94 valence electrons. The minimum atomic E-state index is -0.0941. The van der Waals surface area contributed by atoms with E-state index in [4.69, 9.17) is 4.84 Å². The van der Waals surface area contributed by atoms with Gasteiger partial charge < -0.3 is 4.84 Å². The fourth-order valence-corrected chi connectivity index (χ4v) is 2.09. The van der Waals surface area contributed by atoms with E-state index in [1.54, 1.807) is 6.08 Å². The Morgan fingerprint density at radius 3 is 2.53 bits per heavy atom. The number of nitrogens with zero attached hydrogens (tertiary/aromatic N) is 1. The molecule has 0 N–H and O–H groups in total. The molecule has 0 radical (unpaired) electrons. The normalized spacial score (nSPS) is 13.3. The van der Waals surface area contributed by atoms with Crippen molar-refractivity contribution in [3.63, 3.8) is 0 Å². The average molecular weight is 251 g/mol. The summed E-state index contributed by atoms with van der Waals surface area (Å²) in [6.07, 6.45) is 1.76. The number of hydrogen-bond acceptors (Lipinski definition) is 2. The monoisotopic (exact) mass is 251 g/mol. The average Bonchev–Trinajstić information content (AvgIpc) is 2.77. The van der Waals surface area contributed by atoms with Crippen LogP contribution in [0.25, 0.3) is 6.08 Å². The zero-order valence-corrected chi connectivity index (χ0v) is 10.4. The quantitative estimate of drug-likeness (QED) is 0.837. The summed E-state index contributed by atoms with van der Waals surface area (Å²) in [5.74, 6) is 0.551. The van der Waals surface area contributed by atoms with Crippen LogP contribution < -0.4 is 4.84 Å². The Labute approximate surface area is 111 Å². The molecule has 2 aromatic carbocycles. The Balaban J connectivity index is 1.78. The molecule has 0 spiro atoms. The van der Waals surface area contributed by atoms with Crippen molar-refractivity contribution in [1.82, 2.24) is 5.06 Å². The number of hydroxylamine groups is 2. The molecule has 0 bridgehead atoms. The van der Waals surface area contributed by atoms with Crippen molar-refractivity contribution in [3.05, 3.63) is 71.8 Å². The van der Waals surface area contributed by atoms with E-state index >= 15 is 0 Å². The first-order chi connectivity index (χ1) is 9.28. The molecule has 3 rings (SSSR count). The molecule has 0 fully saturated rings. The minimum absolute atomic E-state index is 0.0941. The molecule has 0 atom stereocenters. The molecule has 0 aliphatic carbocycles. The van der Waals surface area contributed by atoms with Crippen molar-refractivity contribution in [2.75, 3.05) is 0 Å². The first-order valence-electron chi connectivity index (χ1n) is 6.08. The van der Waals surface area contributed by atoms with Gasteiger partial charge in [0.1, 0.15) is 0 Å². The Kier molecular flexibility index (Phi) is 2.80. The molecular weight excluding hydrogens is 238 g/mol. The fraction of sp³-hybridized carbons (Fsp3) is 0.0625. The van der Waals surface area contributed by atoms with E-state index in [1.807, 2.05) is 48.5 Å². The summed E-state index contributed by atoms with van der Waals surface area (Å²) in [6.45, 7) is 4.18. The highest BCUT2D eigenvalue weighted by molar-refractivity contribution is 5.97. The zero-order chi connectivity index (χ0) is 13.2. The molecule has 19 heavy (non-hydrogen) atoms. The SMILES string of the molecule is C=Cc1ccc(ON2Cc3ccccc3C2=O)cc1. The molecule has 0 aromatic heterocycles. The fourth-order valence-electron chi connectivity index (χ4n) is 2.09. The second-order valence-corrected chi connectivity index (χ2v) is 4.36. The van der Waals surface area contributed by atoms with E-state index in [2.05, 4.69) is 6.58 Å². The van der Waals surface area contributed by atoms with Crippen LogP contribution in [0.1, 0.15) is 21.5 Å². The number of carbonyl (C=O) groups is 1. The van der Waals surface area contributed by atoms with Gasteiger partial charge in [-0.05, 0) is 29.3 Å². The number of carbonyl (C=O) groups excluding carboxylic acids is 1. The van der Waals surface area contributed by atoms with Gasteiger partial charge in [0.2, 0.25) is 0 Å². The molecular formula is C16H13NO2. The van der Waals surface area contributed by atoms with Crippen LogP contribution in [-0.2, 0) is 6.54 Å². The van der Waals surface area contributed by atoms with Gasteiger partial charge in [-0.25, -0.2) is 0 Å². The summed E-state index contributed by atoms with van der Waals surface area (Å²) in [6, 6.07) is 15.0. The number of rotatable bonds is 3. The highest BCUT2D eigenvalue weighted by Gasteiger charge is 2.28. The van der Waals surface area contributed by atoms with E-state index in [1.165, 1.54) is 5.06 Å². The third kappa shape index (κ3) is 2.10. The largest absolute Gasteiger partial charge is 0.376 e. The predicted octanol–water partition coefficient (Wildman–Crippen LogP) is 3.28. The molecule has 1 aliphatic rings. The number of fused-ring (bicyclic) bond motifs is 1. The van der Waals surface area contributed by atoms with Crippen molar-refractivity contribution in [2.24, 2.45) is 0 Å². The van der Waals surface area contributed by atoms with E-state index in [0.717, 1.165) is 11.1 Å². The van der Waals surface area contributed by atoms with Crippen LogP contribution in [0.4, 0.5) is 0 Å². The second kappa shape index (κ2) is 4.61. The summed E-state index contributed by atoms with van der Waals surface area (Å²) >= 11 is 0. The van der Waals surface area contributed by atoms with Crippen LogP contribution in [0.15, 0.2) is 55.1 Å². The molecule has 0 saturated carbocycles. The molecule has 0 unspecified atom stereocenters. The van der Waals surface area contributed by atoms with Crippen LogP contribution in [0.2, 0.25) is 0 Å². The number of hydrogen-bond donors (Lipinski definition) is 0. The summed E-state index contributed by atoms with van der Waals surface area (Å²) in [4.78, 5) is 17.7. The lowest BCUT2D eigenvalue weighted by Gasteiger charge is -2.16. The summed E-state index contributed by atoms with van der Waals surface area (Å²) < 4.78 is 0. The Bertz CT molecular complexity index is 631. The first-order valence-corrected chi connectivity index (χ1v) is 6.08. The van der Waals surface area contributed by atoms with Crippen molar-refractivity contribution < 1.29 is 9.63 Å². The van der Waals surface area contributed by atoms with Crippen LogP contribution in [0.3, 0.4) is 0 Å². The van der Waals surface area contributed by atoms with E-state index in [-0.39, 0.29) is 5.91 Å². The highest BCUT2D eigenvalue weighted by Crippen LogP contribution is 2.24. The first kappa shape index (κ1) is 11.5. The molecule has 1 aliphatic heterocycles. The third-order valence-corrected chi connectivity index (χ3v) is 3.12. The van der Waals surface area contributed by atoms with Gasteiger partial charge >= 0.3 is 0 Å². The van der Waals surface area contributed by atoms with Gasteiger partial charge in [0.25, 0.3) is 5.91 Å². The van der Waals surface area contributed by atoms with E-state index in [9.17, 15) is 4.79 Å². The standard InChI is InChI=1S/C16H13NO2/c1-2-12-7-9-14(10-8-12)19-17-11-13-5-3-4-6-15(13)16(17)18/h2-10H,1,11H2. The Morgan fingerprint density at radius 1 is 1.11 bits per heavy atom. The van der Waals surface area contributed by atoms with Gasteiger partial charge in [0.05, 0.1) is 6.54 Å². The molecule has 1 amide bonds. The van der Waals surface area contributed by atoms with Gasteiger partial charge in [-0.2, -0.15) is 5.06 Å². The lowest BCUT2D eigenvalue weighted by molar-refractivity contribution is -0.0323. The van der Waals surface area contributed by atoms with Crippen LogP contribution in [-0.4, -0.2) is 11.0 Å². The van der Waals surface area contributed by atoms with Crippen molar-refractivity contribution in [1.29, 1.82) is 0 Å². The van der Waals surface area contributed by atoms with Gasteiger partial charge in [-0.3, -0.25) is 4.79 Å². The molecule has 0 saturated heterocycles. The van der Waals surface area contributed by atoms with Gasteiger partial charge in [-0.1, -0.05) is 43.0 Å². The predicted molar refractivity (Wildman–Crippen MR) is 73.5 cm³/mol. The maximum Gasteiger partial charge on any atom is 0.287 e. The Morgan fingerprint density at radius 2 is 1.84 bits per heavy atom. The summed E-state index contributed by atoms with van der Waals surface area (Å²) in [7, 11) is 0. The maximum atomic E-state index is 12.1. The lowest BCUT2D eigenvalue weighted by atomic mass is 10.1. The molecule has 3 heteroatoms.